The van der Waals surface area contributed by atoms with E-state index in [-0.39, 0.29) is 26.2 Å². The van der Waals surface area contributed by atoms with Crippen LogP contribution in [0.5, 0.6) is 0 Å². The zero-order valence-corrected chi connectivity index (χ0v) is 27.9. The van der Waals surface area contributed by atoms with Crippen LogP contribution in [0.4, 0.5) is 0 Å². The van der Waals surface area contributed by atoms with Crippen molar-refractivity contribution in [1.29, 1.82) is 0 Å². The molecule has 1 aliphatic rings. The van der Waals surface area contributed by atoms with Gasteiger partial charge in [-0.1, -0.05) is 0 Å². The predicted molar refractivity (Wildman–Crippen MR) is 152 cm³/mol. The van der Waals surface area contributed by atoms with E-state index in [1.165, 1.54) is 0 Å². The van der Waals surface area contributed by atoms with Gasteiger partial charge in [0.1, 0.15) is 0 Å². The van der Waals surface area contributed by atoms with E-state index in [1.807, 2.05) is 0 Å². The number of carbonyl (C=O) groups is 4. The molecule has 1 aliphatic heterocycles. The molecule has 1 heterocycles. The molecule has 1 saturated heterocycles. The van der Waals surface area contributed by atoms with Crippen molar-refractivity contribution in [3.63, 3.8) is 0 Å². The third kappa shape index (κ3) is 39.2. The van der Waals surface area contributed by atoms with E-state index in [0.717, 1.165) is 0 Å². The molecule has 0 aliphatic carbocycles. The molecule has 0 saturated carbocycles. The van der Waals surface area contributed by atoms with Gasteiger partial charge in [0, 0.05) is 0 Å². The Morgan fingerprint density at radius 1 is 0.342 bits per heavy atom. The van der Waals surface area contributed by atoms with Gasteiger partial charge in [-0.05, 0) is 0 Å². The van der Waals surface area contributed by atoms with Crippen molar-refractivity contribution < 1.29 is 37.6 Å². The van der Waals surface area contributed by atoms with Gasteiger partial charge in [0.25, 0.3) is 0 Å². The molecule has 0 atom stereocenters. The van der Waals surface area contributed by atoms with Gasteiger partial charge < -0.3 is 61.7 Å². The average molecular weight is 786 g/mol. The first kappa shape index (κ1) is 41.2. The number of hydrogen-bond donors (Lipinski definition) is 0. The van der Waals surface area contributed by atoms with E-state index in [2.05, 4.69) is 42.5 Å². The minimum absolute atomic E-state index is 0.113. The third-order valence-corrected chi connectivity index (χ3v) is 3.25. The van der Waals surface area contributed by atoms with E-state index in [0.29, 0.717) is 52.4 Å². The molecule has 0 spiro atoms. The molecule has 0 bridgehead atoms. The average Bonchev–Trinajstić information content (AvgIpc) is 2.78. The van der Waals surface area contributed by atoms with Gasteiger partial charge in [-0.2, -0.15) is 52.4 Å². The zero-order valence-electron chi connectivity index (χ0n) is 19.5. The molecule has 38 heavy (non-hydrogen) atoms. The quantitative estimate of drug-likeness (QED) is 0.198. The fourth-order valence-corrected chi connectivity index (χ4v) is 1.89. The Hall–Kier alpha value is 1.08. The van der Waals surface area contributed by atoms with Crippen molar-refractivity contribution in [3.05, 3.63) is 42.5 Å². The molecule has 0 aromatic carbocycles. The molecule has 1 rings (SSSR count). The summed E-state index contributed by atoms with van der Waals surface area (Å²) in [6.45, 7) is 3.34. The fraction of sp³-hybridized carbons (Fsp3) is 0.750. The van der Waals surface area contributed by atoms with Gasteiger partial charge >= 0.3 is 99.2 Å². The molecule has 22 heteroatoms. The molecular weight excluding hydrogens is 762 g/mol. The fourth-order valence-electron chi connectivity index (χ4n) is 1.89. The molecule has 0 N–H and O–H groups in total. The topological polar surface area (TPSA) is 181 Å². The van der Waals surface area contributed by atoms with Crippen molar-refractivity contribution >= 4 is 104 Å². The molecule has 1 fully saturated rings. The maximum absolute atomic E-state index is 11.5. The Bertz CT molecular complexity index is 581. The summed E-state index contributed by atoms with van der Waals surface area (Å²) >= 11 is 0. The summed E-state index contributed by atoms with van der Waals surface area (Å²) in [5.41, 5.74) is 0. The first-order valence-electron chi connectivity index (χ1n) is 10.1. The van der Waals surface area contributed by atoms with Gasteiger partial charge in [0.15, 0.2) is 0 Å². The van der Waals surface area contributed by atoms with Crippen LogP contribution in [-0.2, 0) is 37.6 Å². The van der Waals surface area contributed by atoms with E-state index < -0.39 is 42.0 Å². The van der Waals surface area contributed by atoms with Crippen molar-refractivity contribution in [2.45, 2.75) is 0 Å². The molecule has 0 aromatic rings. The summed E-state index contributed by atoms with van der Waals surface area (Å²) in [6, 6.07) is 0. The van der Waals surface area contributed by atoms with Crippen LogP contribution in [0.25, 0.3) is 42.5 Å². The van der Waals surface area contributed by atoms with Crippen LogP contribution in [0.3, 0.4) is 0 Å². The van der Waals surface area contributed by atoms with Gasteiger partial charge in [0.2, 0.25) is 0 Å². The molecule has 0 unspecified atom stereocenters. The van der Waals surface area contributed by atoms with E-state index in [4.69, 9.17) is 80.8 Å². The normalized spacial score (nSPS) is 19.8. The van der Waals surface area contributed by atoms with Crippen molar-refractivity contribution in [2.24, 2.45) is 0 Å². The van der Waals surface area contributed by atoms with Gasteiger partial charge in [-0.15, -0.1) is 26.2 Å². The number of carbonyl (C=O) groups excluding carboxylic acids is 4. The van der Waals surface area contributed by atoms with E-state index >= 15 is 0 Å². The molecule has 230 valence electrons. The summed E-state index contributed by atoms with van der Waals surface area (Å²) in [7, 11) is 34.3. The van der Waals surface area contributed by atoms with Crippen LogP contribution in [0.1, 0.15) is 0 Å². The summed E-state index contributed by atoms with van der Waals surface area (Å²) in [5.74, 6) is -3.52. The Labute approximate surface area is 260 Å². The Morgan fingerprint density at radius 2 is 0.474 bits per heavy atom. The second kappa shape index (κ2) is 25.8. The third-order valence-electron chi connectivity index (χ3n) is 3.25. The van der Waals surface area contributed by atoms with Gasteiger partial charge in [-0.3, -0.25) is 0 Å². The van der Waals surface area contributed by atoms with Crippen molar-refractivity contribution in [3.8, 4) is 0 Å². The van der Waals surface area contributed by atoms with Crippen LogP contribution < -0.4 is 0 Å². The van der Waals surface area contributed by atoms with Crippen LogP contribution >= 0.6 is 80.8 Å². The summed E-state index contributed by atoms with van der Waals surface area (Å²) < 4.78 is 0. The first-order chi connectivity index (χ1) is 17.6. The van der Waals surface area contributed by atoms with Crippen LogP contribution in [0, 0.1) is 0 Å². The molecule has 4 amide bonds. The SMILES string of the molecule is O=C1[N-]CC[N-]CC[N-]CC[N-]C(=O)C(=O)[N-]CC[N-]CC[N-]CC[N-]C1=O.[Cl][Mn]([Cl])([Cl])[Cl].[Cl][Mn]([Cl])([Cl])[Cl]. The van der Waals surface area contributed by atoms with Gasteiger partial charge in [-0.25, -0.2) is 0 Å². The first-order valence-corrected chi connectivity index (χ1v) is 23.1. The number of rotatable bonds is 0. The molecule has 0 radical (unpaired) electrons. The maximum atomic E-state index is 11.5. The predicted octanol–water partition coefficient (Wildman–Crippen LogP) is 6.61. The second-order valence-corrected chi connectivity index (χ2v) is 29.5. The van der Waals surface area contributed by atoms with Crippen LogP contribution in [-0.4, -0.2) is 102 Å². The molecular formula is C16H24Cl8Mn2N8O4-8. The Balaban J connectivity index is 0. The summed E-state index contributed by atoms with van der Waals surface area (Å²) in [6.07, 6.45) is 0. The van der Waals surface area contributed by atoms with Crippen molar-refractivity contribution in [2.75, 3.05) is 78.5 Å². The molecule has 12 nitrogen and oxygen atoms in total. The van der Waals surface area contributed by atoms with Crippen LogP contribution in [0.2, 0.25) is 0 Å². The number of hydrogen-bond acceptors (Lipinski definition) is 4. The zero-order chi connectivity index (χ0) is 29.5. The van der Waals surface area contributed by atoms with E-state index in [1.54, 1.807) is 0 Å². The Kier molecular flexibility index (Phi) is 27.9. The minimum atomic E-state index is -2.74. The standard InChI is InChI=1S/C16H28N8O4.8ClH.2Mn/c25-13-14(26)23-11-7-19-3-4-20-8-12-24-16(28)15(27)22-10-6-18-2-1-17-5-9-21-13;;;;;;;;;;/h1-12H2,(H4,21,22,23,24,25,26,27,28);8*1H;;/q-4;;;;;;;;;2*+4/p-12. The van der Waals surface area contributed by atoms with Gasteiger partial charge in [0.05, 0.1) is 23.6 Å². The van der Waals surface area contributed by atoms with Crippen molar-refractivity contribution in [1.82, 2.24) is 0 Å². The monoisotopic (exact) mass is 782 g/mol. The summed E-state index contributed by atoms with van der Waals surface area (Å²) in [4.78, 5) is 45.9. The number of nitrogens with zero attached hydrogens (tertiary/aromatic N) is 8. The van der Waals surface area contributed by atoms with Crippen LogP contribution in [0.15, 0.2) is 0 Å². The summed E-state index contributed by atoms with van der Waals surface area (Å²) in [5, 5.41) is 30.9. The Morgan fingerprint density at radius 3 is 0.632 bits per heavy atom. The second-order valence-electron chi connectivity index (χ2n) is 6.08. The number of halogens is 8. The number of amides is 4. The van der Waals surface area contributed by atoms with E-state index in [9.17, 15) is 19.2 Å². The molecule has 0 aromatic heterocycles.